The van der Waals surface area contributed by atoms with Gasteiger partial charge in [0, 0.05) is 0 Å². The molecule has 0 spiro atoms. The van der Waals surface area contributed by atoms with Crippen LogP contribution in [0.25, 0.3) is 0 Å². The summed E-state index contributed by atoms with van der Waals surface area (Å²) in [6.07, 6.45) is 7.96. The van der Waals surface area contributed by atoms with Crippen LogP contribution in [-0.4, -0.2) is 35.2 Å². The summed E-state index contributed by atoms with van der Waals surface area (Å²) >= 11 is 0. The minimum Gasteiger partial charge on any atom is -0.481 e. The topological polar surface area (TPSA) is 75.6 Å². The van der Waals surface area contributed by atoms with Gasteiger partial charge < -0.3 is 15.2 Å². The molecule has 0 bridgehead atoms. The zero-order chi connectivity index (χ0) is 16.2. The van der Waals surface area contributed by atoms with Crippen LogP contribution in [-0.2, 0) is 14.3 Å². The molecule has 0 radical (unpaired) electrons. The quantitative estimate of drug-likeness (QED) is 0.818. The third kappa shape index (κ3) is 4.22. The highest BCUT2D eigenvalue weighted by molar-refractivity contribution is 5.80. The molecule has 4 unspecified atom stereocenters. The number of carboxylic acids is 1. The molecule has 2 aliphatic carbocycles. The number of carbonyl (C=O) groups is 2. The molecule has 1 amide bonds. The second-order valence-electron chi connectivity index (χ2n) is 7.21. The molecule has 0 aromatic carbocycles. The lowest BCUT2D eigenvalue weighted by molar-refractivity contribution is -0.147. The van der Waals surface area contributed by atoms with E-state index in [-0.39, 0.29) is 18.6 Å². The Bertz CT molecular complexity index is 411. The van der Waals surface area contributed by atoms with Crippen molar-refractivity contribution in [2.75, 3.05) is 6.61 Å². The van der Waals surface area contributed by atoms with E-state index in [1.54, 1.807) is 0 Å². The molecule has 5 heteroatoms. The van der Waals surface area contributed by atoms with Gasteiger partial charge in [0.2, 0.25) is 5.91 Å². The molecule has 126 valence electrons. The van der Waals surface area contributed by atoms with E-state index in [4.69, 9.17) is 4.74 Å². The molecule has 2 rings (SSSR count). The maximum absolute atomic E-state index is 12.2. The predicted octanol–water partition coefficient (Wildman–Crippen LogP) is 2.73. The van der Waals surface area contributed by atoms with Crippen molar-refractivity contribution in [3.05, 3.63) is 0 Å². The standard InChI is InChI=1S/C17H29NO4/c1-12-7-3-4-9-14(12)22-11-15(19)18-17(2)10-6-5-8-13(17)16(20)21/h12-14H,3-11H2,1-2H3,(H,18,19)(H,20,21). The Morgan fingerprint density at radius 3 is 2.55 bits per heavy atom. The highest BCUT2D eigenvalue weighted by Crippen LogP contribution is 2.34. The largest absolute Gasteiger partial charge is 0.481 e. The van der Waals surface area contributed by atoms with Crippen molar-refractivity contribution in [2.24, 2.45) is 11.8 Å². The summed E-state index contributed by atoms with van der Waals surface area (Å²) < 4.78 is 5.78. The molecule has 2 saturated carbocycles. The van der Waals surface area contributed by atoms with Gasteiger partial charge in [-0.05, 0) is 38.5 Å². The Morgan fingerprint density at radius 2 is 1.86 bits per heavy atom. The smallest absolute Gasteiger partial charge is 0.308 e. The molecule has 0 aromatic heterocycles. The molecule has 0 aliphatic heterocycles. The van der Waals surface area contributed by atoms with Crippen molar-refractivity contribution < 1.29 is 19.4 Å². The molecule has 0 saturated heterocycles. The van der Waals surface area contributed by atoms with Gasteiger partial charge in [0.1, 0.15) is 6.61 Å². The molecule has 4 atom stereocenters. The number of amides is 1. The van der Waals surface area contributed by atoms with Crippen molar-refractivity contribution in [3.63, 3.8) is 0 Å². The minimum absolute atomic E-state index is 0.0386. The molecule has 2 aliphatic rings. The number of hydrogen-bond donors (Lipinski definition) is 2. The summed E-state index contributed by atoms with van der Waals surface area (Å²) in [5.74, 6) is -1.00. The van der Waals surface area contributed by atoms with Gasteiger partial charge in [-0.1, -0.05) is 32.6 Å². The Labute approximate surface area is 132 Å². The SMILES string of the molecule is CC1CCCCC1OCC(=O)NC1(C)CCCCC1C(=O)O. The second kappa shape index (κ2) is 7.44. The Morgan fingerprint density at radius 1 is 1.18 bits per heavy atom. The summed E-state index contributed by atoms with van der Waals surface area (Å²) in [7, 11) is 0. The van der Waals surface area contributed by atoms with Crippen LogP contribution >= 0.6 is 0 Å². The first-order valence-corrected chi connectivity index (χ1v) is 8.58. The zero-order valence-corrected chi connectivity index (χ0v) is 13.8. The van der Waals surface area contributed by atoms with E-state index in [0.29, 0.717) is 12.3 Å². The number of hydrogen-bond acceptors (Lipinski definition) is 3. The summed E-state index contributed by atoms with van der Waals surface area (Å²) in [5, 5.41) is 12.3. The summed E-state index contributed by atoms with van der Waals surface area (Å²) in [6, 6.07) is 0. The Hall–Kier alpha value is -1.10. The van der Waals surface area contributed by atoms with Crippen LogP contribution < -0.4 is 5.32 Å². The molecular formula is C17H29NO4. The van der Waals surface area contributed by atoms with E-state index in [0.717, 1.165) is 38.5 Å². The van der Waals surface area contributed by atoms with Gasteiger partial charge >= 0.3 is 5.97 Å². The van der Waals surface area contributed by atoms with Gasteiger partial charge in [0.05, 0.1) is 17.6 Å². The zero-order valence-electron chi connectivity index (χ0n) is 13.8. The molecule has 0 heterocycles. The highest BCUT2D eigenvalue weighted by Gasteiger charge is 2.42. The van der Waals surface area contributed by atoms with E-state index in [2.05, 4.69) is 12.2 Å². The van der Waals surface area contributed by atoms with Crippen molar-refractivity contribution in [3.8, 4) is 0 Å². The minimum atomic E-state index is -0.815. The van der Waals surface area contributed by atoms with E-state index in [9.17, 15) is 14.7 Å². The van der Waals surface area contributed by atoms with E-state index in [1.807, 2.05) is 6.92 Å². The average molecular weight is 311 g/mol. The second-order valence-corrected chi connectivity index (χ2v) is 7.21. The van der Waals surface area contributed by atoms with Gasteiger partial charge in [0.25, 0.3) is 0 Å². The normalized spacial score (nSPS) is 35.8. The van der Waals surface area contributed by atoms with Crippen LogP contribution in [0, 0.1) is 11.8 Å². The van der Waals surface area contributed by atoms with E-state index in [1.165, 1.54) is 6.42 Å². The number of carboxylic acid groups (broad SMARTS) is 1. The summed E-state index contributed by atoms with van der Waals surface area (Å²) in [4.78, 5) is 23.6. The third-order valence-corrected chi connectivity index (χ3v) is 5.39. The lowest BCUT2D eigenvalue weighted by Crippen LogP contribution is -2.56. The van der Waals surface area contributed by atoms with Gasteiger partial charge in [-0.2, -0.15) is 0 Å². The van der Waals surface area contributed by atoms with Crippen LogP contribution in [0.15, 0.2) is 0 Å². The van der Waals surface area contributed by atoms with Crippen LogP contribution in [0.1, 0.15) is 65.2 Å². The first kappa shape index (κ1) is 17.3. The maximum Gasteiger partial charge on any atom is 0.308 e. The first-order valence-electron chi connectivity index (χ1n) is 8.58. The monoisotopic (exact) mass is 311 g/mol. The van der Waals surface area contributed by atoms with E-state index >= 15 is 0 Å². The van der Waals surface area contributed by atoms with Crippen molar-refractivity contribution >= 4 is 11.9 Å². The number of rotatable bonds is 5. The van der Waals surface area contributed by atoms with Gasteiger partial charge in [0.15, 0.2) is 0 Å². The number of carbonyl (C=O) groups excluding carboxylic acids is 1. The molecule has 22 heavy (non-hydrogen) atoms. The van der Waals surface area contributed by atoms with Crippen molar-refractivity contribution in [1.82, 2.24) is 5.32 Å². The lowest BCUT2D eigenvalue weighted by atomic mass is 9.74. The molecule has 0 aromatic rings. The van der Waals surface area contributed by atoms with E-state index < -0.39 is 17.4 Å². The molecule has 5 nitrogen and oxygen atoms in total. The average Bonchev–Trinajstić information content (AvgIpc) is 2.46. The van der Waals surface area contributed by atoms with Crippen molar-refractivity contribution in [1.29, 1.82) is 0 Å². The predicted molar refractivity (Wildman–Crippen MR) is 83.5 cm³/mol. The van der Waals surface area contributed by atoms with Gasteiger partial charge in [-0.25, -0.2) is 0 Å². The lowest BCUT2D eigenvalue weighted by Gasteiger charge is -2.40. The molecule has 2 N–H and O–H groups in total. The van der Waals surface area contributed by atoms with Crippen LogP contribution in [0.5, 0.6) is 0 Å². The Balaban J connectivity index is 1.85. The number of aliphatic carboxylic acids is 1. The van der Waals surface area contributed by atoms with Gasteiger partial charge in [-0.3, -0.25) is 9.59 Å². The first-order chi connectivity index (χ1) is 10.4. The fraction of sp³-hybridized carbons (Fsp3) is 0.882. The maximum atomic E-state index is 12.2. The molecule has 2 fully saturated rings. The summed E-state index contributed by atoms with van der Waals surface area (Å²) in [5.41, 5.74) is -0.650. The van der Waals surface area contributed by atoms with Crippen LogP contribution in [0.2, 0.25) is 0 Å². The fourth-order valence-corrected chi connectivity index (χ4v) is 3.95. The van der Waals surface area contributed by atoms with Crippen molar-refractivity contribution in [2.45, 2.75) is 76.9 Å². The fourth-order valence-electron chi connectivity index (χ4n) is 3.95. The Kier molecular flexibility index (Phi) is 5.84. The van der Waals surface area contributed by atoms with Crippen LogP contribution in [0.4, 0.5) is 0 Å². The number of nitrogens with one attached hydrogen (secondary N) is 1. The number of ether oxygens (including phenoxy) is 1. The summed E-state index contributed by atoms with van der Waals surface area (Å²) in [6.45, 7) is 4.06. The highest BCUT2D eigenvalue weighted by atomic mass is 16.5. The van der Waals surface area contributed by atoms with Gasteiger partial charge in [-0.15, -0.1) is 0 Å². The molecular weight excluding hydrogens is 282 g/mol. The van der Waals surface area contributed by atoms with Crippen LogP contribution in [0.3, 0.4) is 0 Å². The third-order valence-electron chi connectivity index (χ3n) is 5.39.